The fraction of sp³-hybridized carbons (Fsp3) is 0.238. The Balaban J connectivity index is 1.68. The lowest BCUT2D eigenvalue weighted by Crippen LogP contribution is -2.32. The summed E-state index contributed by atoms with van der Waals surface area (Å²) in [5, 5.41) is 0. The monoisotopic (exact) mass is 329 g/mol. The number of hydrogen-bond acceptors (Lipinski definition) is 2. The Hall–Kier alpha value is -2.88. The summed E-state index contributed by atoms with van der Waals surface area (Å²) < 4.78 is 2.16. The predicted octanol–water partition coefficient (Wildman–Crippen LogP) is 3.36. The molecule has 1 atom stereocenters. The van der Waals surface area contributed by atoms with Gasteiger partial charge in [-0.25, -0.2) is 4.98 Å². The molecule has 1 aromatic heterocycles. The van der Waals surface area contributed by atoms with Gasteiger partial charge in [-0.2, -0.15) is 0 Å². The van der Waals surface area contributed by atoms with E-state index in [2.05, 4.69) is 45.9 Å². The van der Waals surface area contributed by atoms with Gasteiger partial charge in [0.15, 0.2) is 0 Å². The molecule has 0 spiro atoms. The fourth-order valence-electron chi connectivity index (χ4n) is 4.24. The SMILES string of the molecule is O=C1CCc2cc(C(c3ccccc3)n3ccnc3)cc3c2N1CC3. The number of hydrogen-bond donors (Lipinski definition) is 0. The van der Waals surface area contributed by atoms with E-state index < -0.39 is 0 Å². The van der Waals surface area contributed by atoms with E-state index in [1.165, 1.54) is 27.9 Å². The normalized spacial score (nSPS) is 16.8. The largest absolute Gasteiger partial charge is 0.326 e. The standard InChI is InChI=1S/C21H19N3O/c25-19-7-6-16-12-18(13-17-8-10-24(19)21(16)17)20(23-11-9-22-14-23)15-4-2-1-3-5-15/h1-5,9,11-14,20H,6-8,10H2. The van der Waals surface area contributed by atoms with Gasteiger partial charge in [-0.3, -0.25) is 4.79 Å². The van der Waals surface area contributed by atoms with Gasteiger partial charge in [0.1, 0.15) is 0 Å². The number of aryl methyl sites for hydroxylation is 1. The van der Waals surface area contributed by atoms with Crippen LogP contribution in [-0.4, -0.2) is 22.0 Å². The minimum Gasteiger partial charge on any atom is -0.326 e. The predicted molar refractivity (Wildman–Crippen MR) is 96.7 cm³/mol. The van der Waals surface area contributed by atoms with Crippen molar-refractivity contribution in [3.05, 3.63) is 83.4 Å². The van der Waals surface area contributed by atoms with E-state index in [0.717, 1.165) is 19.4 Å². The third-order valence-electron chi connectivity index (χ3n) is 5.33. The van der Waals surface area contributed by atoms with Crippen LogP contribution in [0.4, 0.5) is 5.69 Å². The molecule has 2 aliphatic heterocycles. The van der Waals surface area contributed by atoms with Gasteiger partial charge in [0.05, 0.1) is 18.1 Å². The van der Waals surface area contributed by atoms with E-state index in [0.29, 0.717) is 6.42 Å². The first-order chi connectivity index (χ1) is 12.3. The van der Waals surface area contributed by atoms with Crippen LogP contribution in [0.25, 0.3) is 0 Å². The average molecular weight is 329 g/mol. The van der Waals surface area contributed by atoms with E-state index in [1.807, 2.05) is 29.7 Å². The second-order valence-electron chi connectivity index (χ2n) is 6.81. The molecule has 0 fully saturated rings. The quantitative estimate of drug-likeness (QED) is 0.739. The summed E-state index contributed by atoms with van der Waals surface area (Å²) in [6, 6.07) is 15.2. The topological polar surface area (TPSA) is 38.1 Å². The zero-order valence-electron chi connectivity index (χ0n) is 13.9. The Labute approximate surface area is 146 Å². The number of carbonyl (C=O) groups excluding carboxylic acids is 1. The zero-order valence-corrected chi connectivity index (χ0v) is 13.9. The molecule has 0 radical (unpaired) electrons. The highest BCUT2D eigenvalue weighted by Crippen LogP contribution is 2.40. The summed E-state index contributed by atoms with van der Waals surface area (Å²) in [5.41, 5.74) is 6.31. The van der Waals surface area contributed by atoms with Gasteiger partial charge < -0.3 is 9.47 Å². The molecule has 0 saturated heterocycles. The molecule has 3 aromatic rings. The molecule has 1 amide bonds. The minimum atomic E-state index is 0.108. The van der Waals surface area contributed by atoms with Crippen LogP contribution in [0.2, 0.25) is 0 Å². The smallest absolute Gasteiger partial charge is 0.227 e. The highest BCUT2D eigenvalue weighted by atomic mass is 16.2. The van der Waals surface area contributed by atoms with Crippen LogP contribution >= 0.6 is 0 Å². The van der Waals surface area contributed by atoms with Crippen molar-refractivity contribution in [2.45, 2.75) is 25.3 Å². The molecule has 2 aliphatic rings. The minimum absolute atomic E-state index is 0.108. The zero-order chi connectivity index (χ0) is 16.8. The molecule has 0 bridgehead atoms. The molecule has 0 aliphatic carbocycles. The Kier molecular flexibility index (Phi) is 3.23. The van der Waals surface area contributed by atoms with Crippen molar-refractivity contribution in [2.24, 2.45) is 0 Å². The van der Waals surface area contributed by atoms with Gasteiger partial charge in [-0.1, -0.05) is 42.5 Å². The highest BCUT2D eigenvalue weighted by molar-refractivity contribution is 5.98. The lowest BCUT2D eigenvalue weighted by Gasteiger charge is -2.27. The van der Waals surface area contributed by atoms with Crippen molar-refractivity contribution in [1.82, 2.24) is 9.55 Å². The third-order valence-corrected chi connectivity index (χ3v) is 5.33. The number of benzene rings is 2. The van der Waals surface area contributed by atoms with Gasteiger partial charge in [0.2, 0.25) is 5.91 Å². The van der Waals surface area contributed by atoms with Crippen LogP contribution in [0.15, 0.2) is 61.2 Å². The lowest BCUT2D eigenvalue weighted by atomic mass is 9.91. The Morgan fingerprint density at radius 3 is 2.52 bits per heavy atom. The number of amides is 1. The van der Waals surface area contributed by atoms with Crippen LogP contribution in [0, 0.1) is 0 Å². The van der Waals surface area contributed by atoms with Crippen molar-refractivity contribution in [3.8, 4) is 0 Å². The number of rotatable bonds is 3. The first-order valence-corrected chi connectivity index (χ1v) is 8.80. The summed E-state index contributed by atoms with van der Waals surface area (Å²) in [5.74, 6) is 0.271. The van der Waals surface area contributed by atoms with E-state index in [4.69, 9.17) is 0 Å². The van der Waals surface area contributed by atoms with Crippen LogP contribution in [0.1, 0.15) is 34.7 Å². The number of carbonyl (C=O) groups is 1. The van der Waals surface area contributed by atoms with Crippen molar-refractivity contribution in [3.63, 3.8) is 0 Å². The van der Waals surface area contributed by atoms with Crippen LogP contribution < -0.4 is 4.90 Å². The Morgan fingerprint density at radius 1 is 0.960 bits per heavy atom. The first-order valence-electron chi connectivity index (χ1n) is 8.80. The second kappa shape index (κ2) is 5.59. The molecule has 0 saturated carbocycles. The number of nitrogens with zero attached hydrogens (tertiary/aromatic N) is 3. The number of anilines is 1. The summed E-state index contributed by atoms with van der Waals surface area (Å²) in [6.45, 7) is 0.825. The second-order valence-corrected chi connectivity index (χ2v) is 6.81. The molecular weight excluding hydrogens is 310 g/mol. The van der Waals surface area contributed by atoms with Gasteiger partial charge in [-0.05, 0) is 35.1 Å². The molecule has 4 nitrogen and oxygen atoms in total. The molecule has 124 valence electrons. The molecule has 0 N–H and O–H groups in total. The highest BCUT2D eigenvalue weighted by Gasteiger charge is 2.32. The molecule has 2 aromatic carbocycles. The fourth-order valence-corrected chi connectivity index (χ4v) is 4.24. The summed E-state index contributed by atoms with van der Waals surface area (Å²) >= 11 is 0. The average Bonchev–Trinajstić information content (AvgIpc) is 3.30. The maximum absolute atomic E-state index is 12.2. The molecule has 3 heterocycles. The maximum Gasteiger partial charge on any atom is 0.227 e. The summed E-state index contributed by atoms with van der Waals surface area (Å²) in [4.78, 5) is 18.4. The van der Waals surface area contributed by atoms with Crippen LogP contribution in [-0.2, 0) is 17.6 Å². The van der Waals surface area contributed by atoms with Crippen molar-refractivity contribution >= 4 is 11.6 Å². The van der Waals surface area contributed by atoms with E-state index in [9.17, 15) is 4.79 Å². The van der Waals surface area contributed by atoms with E-state index >= 15 is 0 Å². The maximum atomic E-state index is 12.2. The third kappa shape index (κ3) is 2.29. The molecule has 5 rings (SSSR count). The van der Waals surface area contributed by atoms with Crippen molar-refractivity contribution < 1.29 is 4.79 Å². The number of aromatic nitrogens is 2. The van der Waals surface area contributed by atoms with Crippen molar-refractivity contribution in [1.29, 1.82) is 0 Å². The van der Waals surface area contributed by atoms with Gasteiger partial charge in [0, 0.05) is 25.4 Å². The first kappa shape index (κ1) is 14.5. The summed E-state index contributed by atoms with van der Waals surface area (Å²) in [7, 11) is 0. The van der Waals surface area contributed by atoms with E-state index in [1.54, 1.807) is 0 Å². The lowest BCUT2D eigenvalue weighted by molar-refractivity contribution is -0.118. The Bertz CT molecular complexity index is 931. The van der Waals surface area contributed by atoms with Crippen LogP contribution in [0.3, 0.4) is 0 Å². The molecule has 25 heavy (non-hydrogen) atoms. The molecule has 4 heteroatoms. The molecule has 1 unspecified atom stereocenters. The van der Waals surface area contributed by atoms with Crippen LogP contribution in [0.5, 0.6) is 0 Å². The molecular formula is C21H19N3O. The number of imidazole rings is 1. The summed E-state index contributed by atoms with van der Waals surface area (Å²) in [6.07, 6.45) is 8.15. The van der Waals surface area contributed by atoms with Gasteiger partial charge in [-0.15, -0.1) is 0 Å². The van der Waals surface area contributed by atoms with Gasteiger partial charge >= 0.3 is 0 Å². The van der Waals surface area contributed by atoms with E-state index in [-0.39, 0.29) is 11.9 Å². The Morgan fingerprint density at radius 2 is 1.76 bits per heavy atom. The van der Waals surface area contributed by atoms with Gasteiger partial charge in [0.25, 0.3) is 0 Å². The van der Waals surface area contributed by atoms with Crippen molar-refractivity contribution in [2.75, 3.05) is 11.4 Å².